The molecule has 0 amide bonds. The van der Waals surface area contributed by atoms with Crippen LogP contribution in [0.25, 0.3) is 16.8 Å². The van der Waals surface area contributed by atoms with Gasteiger partial charge in [0.15, 0.2) is 0 Å². The second kappa shape index (κ2) is 4.03. The molecule has 70 valence electrons. The van der Waals surface area contributed by atoms with Gasteiger partial charge in [0.25, 0.3) is 0 Å². The van der Waals surface area contributed by atoms with E-state index in [1.54, 1.807) is 12.3 Å². The molecule has 0 fully saturated rings. The Hall–Kier alpha value is -1.67. The maximum atomic E-state index is 8.64. The third-order valence-electron chi connectivity index (χ3n) is 2.08. The topological polar surface area (TPSA) is 33.1 Å². The Morgan fingerprint density at radius 2 is 2.14 bits per heavy atom. The van der Waals surface area contributed by atoms with Gasteiger partial charge in [-0.05, 0) is 23.1 Å². The number of rotatable bonds is 2. The molecule has 14 heavy (non-hydrogen) atoms. The highest BCUT2D eigenvalue weighted by atomic mass is 16.2. The minimum atomic E-state index is 0.0778. The molecular formula is C12H11NO. The highest BCUT2D eigenvalue weighted by molar-refractivity contribution is 5.83. The average molecular weight is 185 g/mol. The summed E-state index contributed by atoms with van der Waals surface area (Å²) in [6.07, 6.45) is 7.25. The number of aliphatic hydroxyl groups excluding tert-OH is 1. The van der Waals surface area contributed by atoms with E-state index in [1.165, 1.54) is 5.39 Å². The van der Waals surface area contributed by atoms with E-state index >= 15 is 0 Å². The van der Waals surface area contributed by atoms with Crippen molar-refractivity contribution in [2.45, 2.75) is 0 Å². The van der Waals surface area contributed by atoms with E-state index in [2.05, 4.69) is 11.1 Å². The maximum Gasteiger partial charge on any atom is 0.0615 e. The van der Waals surface area contributed by atoms with Crippen LogP contribution in [0.15, 0.2) is 42.7 Å². The summed E-state index contributed by atoms with van der Waals surface area (Å²) in [4.78, 5) is 4.05. The largest absolute Gasteiger partial charge is 0.392 e. The first kappa shape index (κ1) is 8.91. The monoisotopic (exact) mass is 185 g/mol. The number of hydrogen-bond acceptors (Lipinski definition) is 2. The zero-order valence-electron chi connectivity index (χ0n) is 7.72. The van der Waals surface area contributed by atoms with Crippen molar-refractivity contribution in [3.63, 3.8) is 0 Å². The summed E-state index contributed by atoms with van der Waals surface area (Å²) in [5.74, 6) is 0. The van der Waals surface area contributed by atoms with Crippen LogP contribution in [-0.4, -0.2) is 16.7 Å². The van der Waals surface area contributed by atoms with Crippen molar-refractivity contribution in [1.82, 2.24) is 4.98 Å². The highest BCUT2D eigenvalue weighted by Crippen LogP contribution is 2.15. The molecule has 0 unspecified atom stereocenters. The third kappa shape index (κ3) is 1.80. The minimum absolute atomic E-state index is 0.0778. The number of pyridine rings is 1. The van der Waals surface area contributed by atoms with Crippen LogP contribution in [0.1, 0.15) is 5.56 Å². The first-order chi connectivity index (χ1) is 6.90. The van der Waals surface area contributed by atoms with E-state index in [0.717, 1.165) is 10.9 Å². The first-order valence-electron chi connectivity index (χ1n) is 4.51. The van der Waals surface area contributed by atoms with Crippen molar-refractivity contribution in [2.24, 2.45) is 0 Å². The number of nitrogens with zero attached hydrogens (tertiary/aromatic N) is 1. The second-order valence-electron chi connectivity index (χ2n) is 3.07. The summed E-state index contributed by atoms with van der Waals surface area (Å²) in [7, 11) is 0. The van der Waals surface area contributed by atoms with Crippen molar-refractivity contribution in [1.29, 1.82) is 0 Å². The lowest BCUT2D eigenvalue weighted by Crippen LogP contribution is -1.78. The molecule has 0 aliphatic carbocycles. The summed E-state index contributed by atoms with van der Waals surface area (Å²) in [6, 6.07) is 8.09. The Morgan fingerprint density at radius 1 is 1.21 bits per heavy atom. The van der Waals surface area contributed by atoms with Gasteiger partial charge in [0.1, 0.15) is 0 Å². The smallest absolute Gasteiger partial charge is 0.0615 e. The molecule has 0 bridgehead atoms. The fourth-order valence-corrected chi connectivity index (χ4v) is 1.39. The molecule has 2 rings (SSSR count). The molecule has 0 saturated carbocycles. The summed E-state index contributed by atoms with van der Waals surface area (Å²) in [5.41, 5.74) is 1.10. The van der Waals surface area contributed by atoms with Crippen molar-refractivity contribution in [2.75, 3.05) is 6.61 Å². The van der Waals surface area contributed by atoms with Crippen LogP contribution in [0.4, 0.5) is 0 Å². The SMILES string of the molecule is OCC=Cc1ccc2cnccc2c1. The van der Waals surface area contributed by atoms with Gasteiger partial charge in [0, 0.05) is 17.8 Å². The molecule has 0 spiro atoms. The van der Waals surface area contributed by atoms with Crippen LogP contribution < -0.4 is 0 Å². The van der Waals surface area contributed by atoms with Crippen molar-refractivity contribution in [3.8, 4) is 0 Å². The van der Waals surface area contributed by atoms with E-state index in [0.29, 0.717) is 0 Å². The number of aliphatic hydroxyl groups is 1. The lowest BCUT2D eigenvalue weighted by atomic mass is 10.1. The molecule has 0 radical (unpaired) electrons. The molecule has 1 aromatic heterocycles. The molecule has 0 aliphatic heterocycles. The van der Waals surface area contributed by atoms with Crippen LogP contribution in [0, 0.1) is 0 Å². The Morgan fingerprint density at radius 3 is 3.00 bits per heavy atom. The molecule has 0 atom stereocenters. The minimum Gasteiger partial charge on any atom is -0.392 e. The van der Waals surface area contributed by atoms with Crippen LogP contribution in [0.5, 0.6) is 0 Å². The quantitative estimate of drug-likeness (QED) is 0.778. The number of hydrogen-bond donors (Lipinski definition) is 1. The number of aromatic nitrogens is 1. The van der Waals surface area contributed by atoms with E-state index in [4.69, 9.17) is 5.11 Å². The van der Waals surface area contributed by atoms with Crippen LogP contribution in [0.2, 0.25) is 0 Å². The molecule has 0 saturated heterocycles. The first-order valence-corrected chi connectivity index (χ1v) is 4.51. The van der Waals surface area contributed by atoms with Gasteiger partial charge in [-0.15, -0.1) is 0 Å². The van der Waals surface area contributed by atoms with Crippen LogP contribution >= 0.6 is 0 Å². The summed E-state index contributed by atoms with van der Waals surface area (Å²) < 4.78 is 0. The van der Waals surface area contributed by atoms with Gasteiger partial charge in [-0.2, -0.15) is 0 Å². The lowest BCUT2D eigenvalue weighted by molar-refractivity contribution is 0.343. The van der Waals surface area contributed by atoms with Gasteiger partial charge in [-0.1, -0.05) is 24.3 Å². The predicted octanol–water partition coefficient (Wildman–Crippen LogP) is 2.24. The van der Waals surface area contributed by atoms with Gasteiger partial charge >= 0.3 is 0 Å². The molecule has 1 heterocycles. The molecule has 1 N–H and O–H groups in total. The normalized spacial score (nSPS) is 11.2. The maximum absolute atomic E-state index is 8.64. The Balaban J connectivity index is 2.46. The Bertz CT molecular complexity index is 463. The van der Waals surface area contributed by atoms with E-state index in [-0.39, 0.29) is 6.61 Å². The summed E-state index contributed by atoms with van der Waals surface area (Å²) >= 11 is 0. The highest BCUT2D eigenvalue weighted by Gasteiger charge is 1.92. The van der Waals surface area contributed by atoms with Gasteiger partial charge in [0.05, 0.1) is 6.61 Å². The lowest BCUT2D eigenvalue weighted by Gasteiger charge is -1.98. The van der Waals surface area contributed by atoms with Crippen molar-refractivity contribution in [3.05, 3.63) is 48.3 Å². The van der Waals surface area contributed by atoms with Gasteiger partial charge in [-0.25, -0.2) is 0 Å². The Labute approximate surface area is 82.5 Å². The van der Waals surface area contributed by atoms with Gasteiger partial charge < -0.3 is 5.11 Å². The van der Waals surface area contributed by atoms with E-state index < -0.39 is 0 Å². The zero-order valence-corrected chi connectivity index (χ0v) is 7.72. The van der Waals surface area contributed by atoms with Crippen LogP contribution in [-0.2, 0) is 0 Å². The summed E-state index contributed by atoms with van der Waals surface area (Å²) in [5, 5.41) is 10.9. The second-order valence-corrected chi connectivity index (χ2v) is 3.07. The van der Waals surface area contributed by atoms with E-state index in [1.807, 2.05) is 30.5 Å². The predicted molar refractivity (Wildman–Crippen MR) is 57.9 cm³/mol. The molecule has 0 aliphatic rings. The number of fused-ring (bicyclic) bond motifs is 1. The van der Waals surface area contributed by atoms with Crippen LogP contribution in [0.3, 0.4) is 0 Å². The molecular weight excluding hydrogens is 174 g/mol. The Kier molecular flexibility index (Phi) is 2.56. The van der Waals surface area contributed by atoms with Gasteiger partial charge in [0.2, 0.25) is 0 Å². The van der Waals surface area contributed by atoms with Gasteiger partial charge in [-0.3, -0.25) is 4.98 Å². The summed E-state index contributed by atoms with van der Waals surface area (Å²) in [6.45, 7) is 0.0778. The zero-order chi connectivity index (χ0) is 9.80. The molecule has 2 heteroatoms. The molecule has 1 aromatic carbocycles. The molecule has 2 aromatic rings. The third-order valence-corrected chi connectivity index (χ3v) is 2.08. The standard InChI is InChI=1S/C12H11NO/c14-7-1-2-10-3-4-12-9-13-6-5-11(12)8-10/h1-6,8-9,14H,7H2. The van der Waals surface area contributed by atoms with Crippen molar-refractivity contribution < 1.29 is 5.11 Å². The number of benzene rings is 1. The fourth-order valence-electron chi connectivity index (χ4n) is 1.39. The average Bonchev–Trinajstić information content (AvgIpc) is 2.26. The fraction of sp³-hybridized carbons (Fsp3) is 0.0833. The molecule has 2 nitrogen and oxygen atoms in total. The van der Waals surface area contributed by atoms with E-state index in [9.17, 15) is 0 Å². The van der Waals surface area contributed by atoms with Crippen molar-refractivity contribution >= 4 is 16.8 Å².